The molecule has 0 aromatic heterocycles. The highest BCUT2D eigenvalue weighted by Crippen LogP contribution is 2.27. The Labute approximate surface area is 219 Å². The summed E-state index contributed by atoms with van der Waals surface area (Å²) in [5.41, 5.74) is 8.62. The molecule has 4 heteroatoms. The molecule has 0 heterocycles. The summed E-state index contributed by atoms with van der Waals surface area (Å²) in [6, 6.07) is 14.4. The lowest BCUT2D eigenvalue weighted by Crippen LogP contribution is -2.40. The van der Waals surface area contributed by atoms with E-state index in [0.29, 0.717) is 12.5 Å². The Morgan fingerprint density at radius 3 is 2.08 bits per heavy atom. The van der Waals surface area contributed by atoms with Crippen LogP contribution in [0.1, 0.15) is 57.7 Å². The molecule has 0 aliphatic heterocycles. The van der Waals surface area contributed by atoms with Gasteiger partial charge in [0.15, 0.2) is 0 Å². The lowest BCUT2D eigenvalue weighted by atomic mass is 9.93. The highest BCUT2D eigenvalue weighted by atomic mass is 16.2. The van der Waals surface area contributed by atoms with Gasteiger partial charge in [0.05, 0.1) is 6.54 Å². The molecule has 0 aliphatic carbocycles. The smallest absolute Gasteiger partial charge is 0.326 e. The van der Waals surface area contributed by atoms with Crippen molar-refractivity contribution in [2.24, 2.45) is 11.8 Å². The minimum absolute atomic E-state index is 0.136. The van der Waals surface area contributed by atoms with Gasteiger partial charge in [-0.25, -0.2) is 4.79 Å². The predicted molar refractivity (Wildman–Crippen MR) is 157 cm³/mol. The van der Waals surface area contributed by atoms with Crippen LogP contribution in [0.3, 0.4) is 0 Å². The van der Waals surface area contributed by atoms with Crippen LogP contribution < -0.4 is 15.1 Å². The molecule has 0 saturated heterocycles. The van der Waals surface area contributed by atoms with Gasteiger partial charge in [0.25, 0.3) is 0 Å². The number of nitrogens with one attached hydrogen (secondary N) is 1. The van der Waals surface area contributed by atoms with E-state index in [1.54, 1.807) is 6.08 Å². The van der Waals surface area contributed by atoms with Gasteiger partial charge in [-0.05, 0) is 91.1 Å². The van der Waals surface area contributed by atoms with Crippen LogP contribution >= 0.6 is 0 Å². The van der Waals surface area contributed by atoms with Gasteiger partial charge in [0, 0.05) is 31.2 Å². The summed E-state index contributed by atoms with van der Waals surface area (Å²) in [5, 5.41) is 3.31. The first-order valence-electron chi connectivity index (χ1n) is 12.9. The van der Waals surface area contributed by atoms with E-state index in [4.69, 9.17) is 0 Å². The molecular formula is C32H45N3O. The Balaban J connectivity index is 2.53. The number of rotatable bonds is 10. The van der Waals surface area contributed by atoms with Gasteiger partial charge >= 0.3 is 6.03 Å². The van der Waals surface area contributed by atoms with Crippen LogP contribution in [0.2, 0.25) is 0 Å². The number of allylic oxidation sites excluding steroid dienone is 4. The molecule has 0 bridgehead atoms. The summed E-state index contributed by atoms with van der Waals surface area (Å²) in [6.45, 7) is 19.4. The van der Waals surface area contributed by atoms with Crippen molar-refractivity contribution in [3.05, 3.63) is 94.7 Å². The quantitative estimate of drug-likeness (QED) is 0.343. The topological polar surface area (TPSA) is 35.6 Å². The maximum absolute atomic E-state index is 14.0. The Morgan fingerprint density at radius 2 is 1.58 bits per heavy atom. The third-order valence-corrected chi connectivity index (χ3v) is 6.42. The predicted octanol–water partition coefficient (Wildman–Crippen LogP) is 8.17. The Morgan fingerprint density at radius 1 is 0.972 bits per heavy atom. The molecule has 36 heavy (non-hydrogen) atoms. The van der Waals surface area contributed by atoms with Crippen LogP contribution in [0.25, 0.3) is 0 Å². The van der Waals surface area contributed by atoms with Gasteiger partial charge in [-0.15, -0.1) is 0 Å². The number of benzene rings is 2. The lowest BCUT2D eigenvalue weighted by Gasteiger charge is -2.27. The van der Waals surface area contributed by atoms with E-state index in [1.165, 1.54) is 11.1 Å². The first kappa shape index (κ1) is 29.0. The largest absolute Gasteiger partial charge is 0.378 e. The van der Waals surface area contributed by atoms with Crippen molar-refractivity contribution >= 4 is 17.4 Å². The van der Waals surface area contributed by atoms with Gasteiger partial charge in [-0.1, -0.05) is 64.6 Å². The van der Waals surface area contributed by atoms with Crippen LogP contribution in [0, 0.1) is 25.7 Å². The molecule has 1 N–H and O–H groups in total. The number of anilines is 2. The van der Waals surface area contributed by atoms with Gasteiger partial charge in [-0.2, -0.15) is 0 Å². The summed E-state index contributed by atoms with van der Waals surface area (Å²) < 4.78 is 0. The van der Waals surface area contributed by atoms with E-state index >= 15 is 0 Å². The summed E-state index contributed by atoms with van der Waals surface area (Å²) in [4.78, 5) is 17.9. The van der Waals surface area contributed by atoms with Crippen LogP contribution in [-0.4, -0.2) is 20.1 Å². The normalized spacial score (nSPS) is 12.5. The fourth-order valence-corrected chi connectivity index (χ4v) is 4.26. The molecule has 0 radical (unpaired) electrons. The van der Waals surface area contributed by atoms with E-state index in [1.807, 2.05) is 31.1 Å². The molecule has 0 aliphatic rings. The van der Waals surface area contributed by atoms with Crippen molar-refractivity contribution in [1.29, 1.82) is 0 Å². The van der Waals surface area contributed by atoms with Crippen molar-refractivity contribution in [1.82, 2.24) is 5.32 Å². The van der Waals surface area contributed by atoms with Crippen molar-refractivity contribution in [2.75, 3.05) is 23.9 Å². The van der Waals surface area contributed by atoms with Crippen LogP contribution in [-0.2, 0) is 6.54 Å². The van der Waals surface area contributed by atoms with Crippen molar-refractivity contribution in [2.45, 2.75) is 61.4 Å². The van der Waals surface area contributed by atoms with Gasteiger partial charge < -0.3 is 10.2 Å². The number of urea groups is 1. The minimum Gasteiger partial charge on any atom is -0.378 e. The molecule has 0 saturated carbocycles. The minimum atomic E-state index is -0.136. The average Bonchev–Trinajstić information content (AvgIpc) is 2.81. The van der Waals surface area contributed by atoms with E-state index in [9.17, 15) is 4.79 Å². The van der Waals surface area contributed by atoms with Crippen LogP contribution in [0.4, 0.5) is 16.2 Å². The van der Waals surface area contributed by atoms with Gasteiger partial charge in [0.2, 0.25) is 0 Å². The van der Waals surface area contributed by atoms with Crippen molar-refractivity contribution in [3.8, 4) is 0 Å². The molecule has 2 aromatic rings. The summed E-state index contributed by atoms with van der Waals surface area (Å²) >= 11 is 0. The second-order valence-electron chi connectivity index (χ2n) is 10.6. The standard InChI is InChI=1S/C32H45N3O/c1-11-12-30(23(4)5)31(26(8)19-22(2)3)33-32(36)35(29-16-13-24(6)25(7)20-29)21-27-14-17-28(18-15-27)34(9)10/h11-18,20,22-23H,1,19,21H2,2-10H3,(H,33,36)/b30-12-,31-26-. The second kappa shape index (κ2) is 13.2. The number of amides is 2. The lowest BCUT2D eigenvalue weighted by molar-refractivity contribution is 0.248. The highest BCUT2D eigenvalue weighted by Gasteiger charge is 2.22. The summed E-state index contributed by atoms with van der Waals surface area (Å²) in [6.07, 6.45) is 4.73. The fourth-order valence-electron chi connectivity index (χ4n) is 4.26. The van der Waals surface area contributed by atoms with Crippen LogP contribution in [0.5, 0.6) is 0 Å². The molecule has 4 nitrogen and oxygen atoms in total. The van der Waals surface area contributed by atoms with Crippen molar-refractivity contribution in [3.63, 3.8) is 0 Å². The Bertz CT molecular complexity index is 1100. The number of hydrogen-bond acceptors (Lipinski definition) is 2. The van der Waals surface area contributed by atoms with Crippen LogP contribution in [0.15, 0.2) is 78.0 Å². The monoisotopic (exact) mass is 487 g/mol. The molecule has 0 fully saturated rings. The molecule has 0 atom stereocenters. The first-order chi connectivity index (χ1) is 16.9. The number of hydrogen-bond donors (Lipinski definition) is 1. The second-order valence-corrected chi connectivity index (χ2v) is 10.6. The Kier molecular flexibility index (Phi) is 10.6. The summed E-state index contributed by atoms with van der Waals surface area (Å²) in [7, 11) is 4.06. The summed E-state index contributed by atoms with van der Waals surface area (Å²) in [5.74, 6) is 0.731. The number of aryl methyl sites for hydroxylation is 2. The number of carbonyl (C=O) groups is 1. The first-order valence-corrected chi connectivity index (χ1v) is 12.9. The maximum atomic E-state index is 14.0. The third kappa shape index (κ3) is 7.87. The number of carbonyl (C=O) groups excluding carboxylic acids is 1. The molecule has 194 valence electrons. The van der Waals surface area contributed by atoms with Gasteiger partial charge in [-0.3, -0.25) is 4.90 Å². The zero-order chi connectivity index (χ0) is 27.0. The third-order valence-electron chi connectivity index (χ3n) is 6.42. The van der Waals surface area contributed by atoms with E-state index in [-0.39, 0.29) is 11.9 Å². The Hall–Kier alpha value is -3.27. The molecule has 2 rings (SSSR count). The highest BCUT2D eigenvalue weighted by molar-refractivity contribution is 5.93. The fraction of sp³-hybridized carbons (Fsp3) is 0.406. The van der Waals surface area contributed by atoms with E-state index in [0.717, 1.165) is 40.2 Å². The molecule has 2 aromatic carbocycles. The SMILES string of the molecule is C=C/C=C(\C(NC(=O)N(Cc1ccc(N(C)C)cc1)c1ccc(C)c(C)c1)=C(/C)CC(C)C)C(C)C. The molecular weight excluding hydrogens is 442 g/mol. The van der Waals surface area contributed by atoms with Gasteiger partial charge in [0.1, 0.15) is 0 Å². The van der Waals surface area contributed by atoms with Crippen molar-refractivity contribution < 1.29 is 4.79 Å². The zero-order valence-corrected chi connectivity index (χ0v) is 23.8. The average molecular weight is 488 g/mol. The molecule has 0 spiro atoms. The molecule has 0 unspecified atom stereocenters. The zero-order valence-electron chi connectivity index (χ0n) is 23.8. The molecule has 2 amide bonds. The van der Waals surface area contributed by atoms with E-state index < -0.39 is 0 Å². The number of nitrogens with zero attached hydrogens (tertiary/aromatic N) is 2. The van der Waals surface area contributed by atoms with E-state index in [2.05, 4.69) is 102 Å². The maximum Gasteiger partial charge on any atom is 0.326 e.